The van der Waals surface area contributed by atoms with Crippen LogP contribution in [0.2, 0.25) is 1.02 Å². The minimum atomic E-state index is -4.61. The predicted octanol–water partition coefficient (Wildman–Crippen LogP) is -2.41. The molecule has 0 bridgehead atoms. The second-order valence-electron chi connectivity index (χ2n) is 0.600. The molecule has 0 aliphatic carbocycles. The van der Waals surface area contributed by atoms with E-state index in [-0.39, 0.29) is 0 Å². The zero-order valence-corrected chi connectivity index (χ0v) is 8.41. The maximum atomic E-state index is 7.33. The van der Waals surface area contributed by atoms with E-state index in [0.717, 1.165) is 49.0 Å². The fourth-order valence-electron chi connectivity index (χ4n) is 0. The van der Waals surface area contributed by atoms with Gasteiger partial charge in [-0.3, -0.25) is 0 Å². The molecule has 0 heterocycles. The average molecular weight is 150 g/mol. The summed E-state index contributed by atoms with van der Waals surface area (Å²) in [7, 11) is -4.61. The molecule has 0 spiro atoms. The van der Waals surface area contributed by atoms with Crippen LogP contribution < -0.4 is 0 Å². The van der Waals surface area contributed by atoms with Crippen molar-refractivity contribution < 1.29 is 19.2 Å². The van der Waals surface area contributed by atoms with Gasteiger partial charge in [-0.2, -0.15) is 0 Å². The first-order valence-corrected chi connectivity index (χ1v) is 6.81. The van der Waals surface area contributed by atoms with Crippen molar-refractivity contribution in [3.8, 4) is 0 Å². The summed E-state index contributed by atoms with van der Waals surface area (Å²) in [5.41, 5.74) is 0. The quantitative estimate of drug-likeness (QED) is 0.290. The van der Waals surface area contributed by atoms with Crippen LogP contribution in [0.15, 0.2) is 0 Å². The van der Waals surface area contributed by atoms with E-state index < -0.39 is 9.05 Å². The van der Waals surface area contributed by atoms with E-state index >= 15 is 0 Å². The van der Waals surface area contributed by atoms with Crippen molar-refractivity contribution in [2.45, 2.75) is 1.02 Å². The van der Waals surface area contributed by atoms with Gasteiger partial charge in [-0.05, 0) is 0 Å². The van der Waals surface area contributed by atoms with Crippen molar-refractivity contribution in [3.63, 3.8) is 0 Å². The monoisotopic (exact) mass is 150 g/mol. The number of rotatable bonds is 0. The van der Waals surface area contributed by atoms with Crippen molar-refractivity contribution in [2.24, 2.45) is 0 Å². The van der Waals surface area contributed by atoms with Gasteiger partial charge in [-0.1, -0.05) is 0 Å². The van der Waals surface area contributed by atoms with Crippen molar-refractivity contribution in [2.75, 3.05) is 0 Å². The summed E-state index contributed by atoms with van der Waals surface area (Å²) in [5.74, 6) is 0. The van der Waals surface area contributed by atoms with Gasteiger partial charge in [-0.15, -0.1) is 0 Å². The Labute approximate surface area is 76.9 Å². The molecule has 0 atom stereocenters. The third-order valence-electron chi connectivity index (χ3n) is 0. The zero-order chi connectivity index (χ0) is 6.50. The van der Waals surface area contributed by atoms with E-state index in [0.29, 0.717) is 0 Å². The molecule has 6 heteroatoms. The third-order valence-corrected chi connectivity index (χ3v) is 0. The van der Waals surface area contributed by atoms with Gasteiger partial charge >= 0.3 is 59.0 Å². The minimum absolute atomic E-state index is 1.06. The van der Waals surface area contributed by atoms with Crippen LogP contribution in [0, 0.1) is 0 Å². The Kier molecular flexibility index (Phi) is 9.55. The van der Waals surface area contributed by atoms with Crippen LogP contribution in [-0.2, 0) is 0 Å². The summed E-state index contributed by atoms with van der Waals surface area (Å²) in [4.78, 5) is 29.3. The summed E-state index contributed by atoms with van der Waals surface area (Å²) in [6, 6.07) is 0. The van der Waals surface area contributed by atoms with Crippen LogP contribution in [0.1, 0.15) is 0 Å². The van der Waals surface area contributed by atoms with Gasteiger partial charge in [0.1, 0.15) is 0 Å². The molecule has 4 nitrogen and oxygen atoms in total. The van der Waals surface area contributed by atoms with Gasteiger partial charge < -0.3 is 19.2 Å². The molecule has 0 rings (SSSR count). The number of hydrogen-bond donors (Lipinski definition) is 4. The Hall–Kier alpha value is 1.69. The van der Waals surface area contributed by atoms with Crippen LogP contribution in [-0.4, -0.2) is 77.2 Å². The third kappa shape index (κ3) is 87.0. The van der Waals surface area contributed by atoms with E-state index in [4.69, 9.17) is 19.2 Å². The van der Waals surface area contributed by atoms with Crippen molar-refractivity contribution in [1.82, 2.24) is 0 Å². The van der Waals surface area contributed by atoms with Crippen LogP contribution in [0.5, 0.6) is 0 Å². The predicted molar refractivity (Wildman–Crippen MR) is 26.2 cm³/mol. The zero-order valence-electron chi connectivity index (χ0n) is 4.29. The Morgan fingerprint density at radius 3 is 1.00 bits per heavy atom. The Morgan fingerprint density at radius 1 is 1.00 bits per heavy atom. The molecule has 0 unspecified atom stereocenters. The molecule has 0 fully saturated rings. The first kappa shape index (κ1) is 11.5. The van der Waals surface area contributed by atoms with Gasteiger partial charge in [0.25, 0.3) is 0 Å². The Bertz CT molecular complexity index is 27.2. The summed E-state index contributed by atoms with van der Waals surface area (Å²) >= 11 is 1.06. The molecule has 0 saturated carbocycles. The van der Waals surface area contributed by atoms with E-state index in [1.165, 1.54) is 0 Å². The molecule has 0 aromatic rings. The van der Waals surface area contributed by atoms with E-state index in [1.54, 1.807) is 0 Å². The molecule has 0 amide bonds. The standard InChI is InChI=1S/CH3.K.H4O4Si/c;;1-5(2,3)4/h1H3;;1-4H. The fourth-order valence-corrected chi connectivity index (χ4v) is 0. The summed E-state index contributed by atoms with van der Waals surface area (Å²) in [6.07, 6.45) is 0. The molecule has 7 heavy (non-hydrogen) atoms. The van der Waals surface area contributed by atoms with Crippen LogP contribution >= 0.6 is 0 Å². The van der Waals surface area contributed by atoms with Crippen LogP contribution in [0.4, 0.5) is 0 Å². The summed E-state index contributed by atoms with van der Waals surface area (Å²) in [5, 5.41) is 0. The Balaban J connectivity index is 0. The van der Waals surface area contributed by atoms with Crippen molar-refractivity contribution >= 4 is 58.0 Å². The molecule has 40 valence electrons. The SMILES string of the molecule is O[Si](O)(O)O.[CH3][K]. The van der Waals surface area contributed by atoms with Crippen LogP contribution in [0.3, 0.4) is 0 Å². The molecule has 0 aromatic heterocycles. The first-order chi connectivity index (χ1) is 3.00. The molecule has 0 aromatic carbocycles. The second kappa shape index (κ2) is 5.82. The van der Waals surface area contributed by atoms with Gasteiger partial charge in [0.05, 0.1) is 0 Å². The molecule has 0 aliphatic rings. The first-order valence-electron chi connectivity index (χ1n) is 1.89. The fraction of sp³-hybridized carbons (Fsp3) is 1.00. The second-order valence-corrected chi connectivity index (χ2v) is 1.80. The normalized spacial score (nSPS) is 9.57. The van der Waals surface area contributed by atoms with Gasteiger partial charge in [-0.25, -0.2) is 0 Å². The maximum absolute atomic E-state index is 7.33. The molecular weight excluding hydrogens is 143 g/mol. The van der Waals surface area contributed by atoms with Gasteiger partial charge in [0, 0.05) is 0 Å². The van der Waals surface area contributed by atoms with E-state index in [1.807, 2.05) is 0 Å². The van der Waals surface area contributed by atoms with Gasteiger partial charge in [0.15, 0.2) is 0 Å². The Morgan fingerprint density at radius 2 is 1.00 bits per heavy atom. The van der Waals surface area contributed by atoms with E-state index in [2.05, 4.69) is 1.02 Å². The van der Waals surface area contributed by atoms with Crippen molar-refractivity contribution in [1.29, 1.82) is 0 Å². The molecule has 0 aliphatic heterocycles. The molecule has 4 N–H and O–H groups in total. The topological polar surface area (TPSA) is 80.9 Å². The number of hydrogen-bond acceptors (Lipinski definition) is 4. The molecule has 0 radical (unpaired) electrons. The van der Waals surface area contributed by atoms with Crippen molar-refractivity contribution in [3.05, 3.63) is 0 Å². The van der Waals surface area contributed by atoms with Crippen LogP contribution in [0.25, 0.3) is 0 Å². The summed E-state index contributed by atoms with van der Waals surface area (Å²) < 4.78 is 2.19. The van der Waals surface area contributed by atoms with E-state index in [9.17, 15) is 0 Å². The molecular formula is CH7KO4Si. The summed E-state index contributed by atoms with van der Waals surface area (Å²) in [6.45, 7) is 0. The molecule has 0 saturated heterocycles. The average Bonchev–Trinajstić information content (AvgIpc) is 1.36. The van der Waals surface area contributed by atoms with Gasteiger partial charge in [0.2, 0.25) is 0 Å².